The molecule has 2 aromatic heterocycles. The van der Waals surface area contributed by atoms with Crippen LogP contribution in [0.5, 0.6) is 0 Å². The Morgan fingerprint density at radius 2 is 2.07 bits per heavy atom. The van der Waals surface area contributed by atoms with Gasteiger partial charge in [-0.15, -0.1) is 0 Å². The highest BCUT2D eigenvalue weighted by Gasteiger charge is 2.33. The van der Waals surface area contributed by atoms with Gasteiger partial charge in [0.05, 0.1) is 24.3 Å². The first-order chi connectivity index (χ1) is 13.1. The molecule has 0 bridgehead atoms. The van der Waals surface area contributed by atoms with E-state index in [1.54, 1.807) is 18.2 Å². The summed E-state index contributed by atoms with van der Waals surface area (Å²) in [7, 11) is 0. The van der Waals surface area contributed by atoms with Crippen molar-refractivity contribution >= 4 is 17.6 Å². The maximum atomic E-state index is 14.5. The molecule has 4 rings (SSSR count). The Bertz CT molecular complexity index is 928. The molecule has 27 heavy (non-hydrogen) atoms. The van der Waals surface area contributed by atoms with Crippen molar-refractivity contribution in [3.63, 3.8) is 0 Å². The Hall–Kier alpha value is -3.49. The number of anilines is 2. The van der Waals surface area contributed by atoms with Crippen LogP contribution in [0.4, 0.5) is 25.1 Å². The number of hydrogen-bond donors (Lipinski definition) is 1. The van der Waals surface area contributed by atoms with Crippen LogP contribution in [0.3, 0.4) is 0 Å². The monoisotopic (exact) mass is 372 g/mol. The lowest BCUT2D eigenvalue weighted by Crippen LogP contribution is -2.27. The maximum absolute atomic E-state index is 14.5. The highest BCUT2D eigenvalue weighted by atomic mass is 19.1. The molecule has 0 aliphatic carbocycles. The Kier molecular flexibility index (Phi) is 4.41. The molecular formula is C18H14F2N4O3. The predicted octanol–water partition coefficient (Wildman–Crippen LogP) is 3.45. The standard InChI is InChI=1S/C18H14F2N4O3/c19-14-6-12(7-15(20)17(14)11-2-1-4-21-8-11)24-10-13(27-18(24)25)9-22-16-3-5-26-23-16/h1-8,13H,9-10H2,(H,22,23). The number of benzene rings is 1. The van der Waals surface area contributed by atoms with Gasteiger partial charge in [-0.2, -0.15) is 0 Å². The van der Waals surface area contributed by atoms with E-state index in [1.165, 1.54) is 23.6 Å². The largest absolute Gasteiger partial charge is 0.442 e. The average molecular weight is 372 g/mol. The third-order valence-electron chi connectivity index (χ3n) is 4.11. The third kappa shape index (κ3) is 3.43. The Morgan fingerprint density at radius 1 is 1.26 bits per heavy atom. The molecule has 3 heterocycles. The summed E-state index contributed by atoms with van der Waals surface area (Å²) in [6.45, 7) is 0.433. The molecule has 1 N–H and O–H groups in total. The summed E-state index contributed by atoms with van der Waals surface area (Å²) in [6.07, 6.45) is 3.12. The van der Waals surface area contributed by atoms with E-state index in [9.17, 15) is 13.6 Å². The van der Waals surface area contributed by atoms with E-state index in [0.29, 0.717) is 11.4 Å². The fourth-order valence-electron chi connectivity index (χ4n) is 2.86. The van der Waals surface area contributed by atoms with E-state index in [-0.39, 0.29) is 24.3 Å². The summed E-state index contributed by atoms with van der Waals surface area (Å²) in [5.74, 6) is -1.06. The zero-order chi connectivity index (χ0) is 18.8. The number of amides is 1. The molecule has 0 saturated carbocycles. The molecule has 1 saturated heterocycles. The van der Waals surface area contributed by atoms with Gasteiger partial charge in [-0.05, 0) is 18.2 Å². The lowest BCUT2D eigenvalue weighted by Gasteiger charge is -2.15. The van der Waals surface area contributed by atoms with Crippen molar-refractivity contribution in [3.05, 3.63) is 60.6 Å². The van der Waals surface area contributed by atoms with Gasteiger partial charge >= 0.3 is 6.09 Å². The molecule has 1 aromatic carbocycles. The minimum Gasteiger partial charge on any atom is -0.442 e. The number of hydrogen-bond acceptors (Lipinski definition) is 6. The van der Waals surface area contributed by atoms with Gasteiger partial charge in [0.1, 0.15) is 24.0 Å². The summed E-state index contributed by atoms with van der Waals surface area (Å²) < 4.78 is 39.0. The molecule has 9 heteroatoms. The molecule has 1 unspecified atom stereocenters. The number of pyridine rings is 1. The topological polar surface area (TPSA) is 80.5 Å². The second-order valence-electron chi connectivity index (χ2n) is 5.91. The van der Waals surface area contributed by atoms with E-state index in [2.05, 4.69) is 15.5 Å². The van der Waals surface area contributed by atoms with E-state index >= 15 is 0 Å². The maximum Gasteiger partial charge on any atom is 0.414 e. The average Bonchev–Trinajstić information content (AvgIpc) is 3.29. The first-order valence-corrected chi connectivity index (χ1v) is 8.13. The van der Waals surface area contributed by atoms with Crippen LogP contribution < -0.4 is 10.2 Å². The number of nitrogens with zero attached hydrogens (tertiary/aromatic N) is 3. The molecule has 1 aliphatic rings. The van der Waals surface area contributed by atoms with Gasteiger partial charge in [0.2, 0.25) is 0 Å². The Balaban J connectivity index is 1.52. The fourth-order valence-corrected chi connectivity index (χ4v) is 2.86. The van der Waals surface area contributed by atoms with E-state index < -0.39 is 23.8 Å². The van der Waals surface area contributed by atoms with Gasteiger partial charge in [-0.3, -0.25) is 9.88 Å². The molecule has 7 nitrogen and oxygen atoms in total. The SMILES string of the molecule is O=C1OC(CNc2ccon2)CN1c1cc(F)c(-c2cccnc2)c(F)c1. The van der Waals surface area contributed by atoms with Crippen molar-refractivity contribution in [2.24, 2.45) is 0 Å². The van der Waals surface area contributed by atoms with Crippen molar-refractivity contribution < 1.29 is 22.8 Å². The Labute approximate surface area is 152 Å². The van der Waals surface area contributed by atoms with E-state index in [1.807, 2.05) is 0 Å². The van der Waals surface area contributed by atoms with Crippen LogP contribution in [0.15, 0.2) is 53.5 Å². The van der Waals surface area contributed by atoms with Gasteiger partial charge in [0, 0.05) is 24.0 Å². The molecule has 1 fully saturated rings. The summed E-state index contributed by atoms with van der Waals surface area (Å²) >= 11 is 0. The first-order valence-electron chi connectivity index (χ1n) is 8.13. The highest BCUT2D eigenvalue weighted by molar-refractivity contribution is 5.90. The number of nitrogens with one attached hydrogen (secondary N) is 1. The quantitative estimate of drug-likeness (QED) is 0.739. The molecule has 0 spiro atoms. The summed E-state index contributed by atoms with van der Waals surface area (Å²) in [5.41, 5.74) is 0.216. The van der Waals surface area contributed by atoms with Gasteiger partial charge < -0.3 is 14.6 Å². The predicted molar refractivity (Wildman–Crippen MR) is 92.2 cm³/mol. The molecular weight excluding hydrogens is 358 g/mol. The van der Waals surface area contributed by atoms with Crippen LogP contribution >= 0.6 is 0 Å². The van der Waals surface area contributed by atoms with Gasteiger partial charge in [-0.25, -0.2) is 13.6 Å². The zero-order valence-corrected chi connectivity index (χ0v) is 13.9. The number of carbonyl (C=O) groups excluding carboxylic acids is 1. The number of halogens is 2. The fraction of sp³-hybridized carbons (Fsp3) is 0.167. The zero-order valence-electron chi connectivity index (χ0n) is 13.9. The Morgan fingerprint density at radius 3 is 2.74 bits per heavy atom. The van der Waals surface area contributed by atoms with Crippen LogP contribution in [-0.2, 0) is 4.74 Å². The number of aromatic nitrogens is 2. The smallest absolute Gasteiger partial charge is 0.414 e. The summed E-state index contributed by atoms with van der Waals surface area (Å²) in [5, 5.41) is 6.64. The first kappa shape index (κ1) is 17.0. The molecule has 138 valence electrons. The van der Waals surface area contributed by atoms with Gasteiger partial charge in [0.25, 0.3) is 0 Å². The lowest BCUT2D eigenvalue weighted by atomic mass is 10.1. The second kappa shape index (κ2) is 7.02. The lowest BCUT2D eigenvalue weighted by molar-refractivity contribution is 0.147. The minimum absolute atomic E-state index is 0.0894. The molecule has 0 radical (unpaired) electrons. The molecule has 1 aliphatic heterocycles. The van der Waals surface area contributed by atoms with Gasteiger partial charge in [0.15, 0.2) is 5.82 Å². The van der Waals surface area contributed by atoms with Crippen molar-refractivity contribution in [2.45, 2.75) is 6.10 Å². The van der Waals surface area contributed by atoms with Crippen LogP contribution in [0.25, 0.3) is 11.1 Å². The van der Waals surface area contributed by atoms with Crippen molar-refractivity contribution in [1.29, 1.82) is 0 Å². The normalized spacial score (nSPS) is 16.4. The van der Waals surface area contributed by atoms with Crippen molar-refractivity contribution in [1.82, 2.24) is 10.1 Å². The van der Waals surface area contributed by atoms with Crippen molar-refractivity contribution in [2.75, 3.05) is 23.3 Å². The highest BCUT2D eigenvalue weighted by Crippen LogP contribution is 2.31. The third-order valence-corrected chi connectivity index (χ3v) is 4.11. The van der Waals surface area contributed by atoms with Crippen molar-refractivity contribution in [3.8, 4) is 11.1 Å². The van der Waals surface area contributed by atoms with Crippen LogP contribution in [0.2, 0.25) is 0 Å². The summed E-state index contributed by atoms with van der Waals surface area (Å²) in [4.78, 5) is 17.2. The molecule has 3 aromatic rings. The number of carbonyl (C=O) groups is 1. The number of ether oxygens (including phenoxy) is 1. The number of rotatable bonds is 5. The second-order valence-corrected chi connectivity index (χ2v) is 5.91. The van der Waals surface area contributed by atoms with Crippen LogP contribution in [-0.4, -0.2) is 35.4 Å². The summed E-state index contributed by atoms with van der Waals surface area (Å²) in [6, 6.07) is 6.99. The van der Waals surface area contributed by atoms with E-state index in [0.717, 1.165) is 12.1 Å². The number of cyclic esters (lactones) is 1. The van der Waals surface area contributed by atoms with Crippen LogP contribution in [0.1, 0.15) is 0 Å². The van der Waals surface area contributed by atoms with E-state index in [4.69, 9.17) is 9.26 Å². The molecule has 1 amide bonds. The minimum atomic E-state index is -0.782. The molecule has 1 atom stereocenters. The van der Waals surface area contributed by atoms with Gasteiger partial charge in [-0.1, -0.05) is 11.2 Å². The van der Waals surface area contributed by atoms with Crippen LogP contribution in [0, 0.1) is 11.6 Å².